The quantitative estimate of drug-likeness (QED) is 0.0261. The highest BCUT2D eigenvalue weighted by Crippen LogP contribution is 2.24. The monoisotopic (exact) mass is 1260 g/mol. The number of amides is 1. The molecule has 0 radical (unpaired) electrons. The first-order valence-corrected chi connectivity index (χ1v) is 39.2. The maximum Gasteiger partial charge on any atom is 0.220 e. The van der Waals surface area contributed by atoms with Crippen LogP contribution in [0.25, 0.3) is 0 Å². The molecule has 0 spiro atoms. The molecule has 1 aliphatic rings. The lowest BCUT2D eigenvalue weighted by atomic mass is 9.99. The lowest BCUT2D eigenvalue weighted by molar-refractivity contribution is -0.302. The molecule has 1 rings (SSSR count). The van der Waals surface area contributed by atoms with E-state index in [-0.39, 0.29) is 12.5 Å². The van der Waals surface area contributed by atoms with Crippen molar-refractivity contribution >= 4 is 5.91 Å². The zero-order valence-corrected chi connectivity index (χ0v) is 59.1. The van der Waals surface area contributed by atoms with Crippen LogP contribution in [-0.2, 0) is 14.3 Å². The third-order valence-corrected chi connectivity index (χ3v) is 18.5. The summed E-state index contributed by atoms with van der Waals surface area (Å²) < 4.78 is 11.3. The Labute approximate surface area is 557 Å². The Hall–Kier alpha value is -2.37. The number of carbonyl (C=O) groups is 1. The van der Waals surface area contributed by atoms with Crippen molar-refractivity contribution in [3.05, 3.63) is 72.9 Å². The molecule has 0 aromatic carbocycles. The lowest BCUT2D eigenvalue weighted by Gasteiger charge is -2.40. The fourth-order valence-corrected chi connectivity index (χ4v) is 12.5. The second-order valence-corrected chi connectivity index (χ2v) is 27.1. The molecular weight excluding hydrogens is 1110 g/mol. The molecule has 1 aliphatic heterocycles. The Morgan fingerprint density at radius 2 is 0.689 bits per heavy atom. The fourth-order valence-electron chi connectivity index (χ4n) is 12.5. The van der Waals surface area contributed by atoms with Gasteiger partial charge in [0.05, 0.1) is 25.4 Å². The van der Waals surface area contributed by atoms with E-state index in [1.165, 1.54) is 289 Å². The number of ether oxygens (including phenoxy) is 2. The summed E-state index contributed by atoms with van der Waals surface area (Å²) in [5.74, 6) is -0.170. The second kappa shape index (κ2) is 69.5. The Bertz CT molecular complexity index is 1660. The van der Waals surface area contributed by atoms with Crippen LogP contribution in [-0.4, -0.2) is 87.5 Å². The molecule has 1 fully saturated rings. The van der Waals surface area contributed by atoms with E-state index < -0.39 is 49.5 Å². The molecule has 1 heterocycles. The zero-order chi connectivity index (χ0) is 64.9. The van der Waals surface area contributed by atoms with Gasteiger partial charge in [-0.3, -0.25) is 4.79 Å². The average molecular weight is 1270 g/mol. The summed E-state index contributed by atoms with van der Waals surface area (Å²) in [7, 11) is 0. The third kappa shape index (κ3) is 57.1. The van der Waals surface area contributed by atoms with E-state index in [2.05, 4.69) is 79.9 Å². The SMILES string of the molecule is CC/C=C\C/C=C\C/C=C\C/C=C\C/C=C\CCCCCCCCCCCCCCCCCCCCCCCCCC(=O)NC(COC1OC(CO)C(O)C(O)C1O)C(O)/C=C/CCCCCCCCCCCCCCCCCCCCCCCCCCCC. The van der Waals surface area contributed by atoms with E-state index in [9.17, 15) is 30.3 Å². The molecule has 526 valence electrons. The lowest BCUT2D eigenvalue weighted by Crippen LogP contribution is -2.60. The van der Waals surface area contributed by atoms with Crippen LogP contribution in [0, 0.1) is 0 Å². The van der Waals surface area contributed by atoms with Crippen LogP contribution in [0.15, 0.2) is 72.9 Å². The molecule has 7 atom stereocenters. The molecule has 7 unspecified atom stereocenters. The first-order chi connectivity index (χ1) is 44.3. The van der Waals surface area contributed by atoms with Crippen molar-refractivity contribution in [2.45, 2.75) is 423 Å². The molecule has 0 aromatic heterocycles. The van der Waals surface area contributed by atoms with Crippen LogP contribution in [0.1, 0.15) is 380 Å². The van der Waals surface area contributed by atoms with Gasteiger partial charge in [0.25, 0.3) is 0 Å². The molecule has 6 N–H and O–H groups in total. The summed E-state index contributed by atoms with van der Waals surface area (Å²) in [5, 5.41) is 54.9. The molecule has 9 heteroatoms. The summed E-state index contributed by atoms with van der Waals surface area (Å²) in [6, 6.07) is -0.807. The second-order valence-electron chi connectivity index (χ2n) is 27.1. The molecule has 1 saturated heterocycles. The number of allylic oxidation sites excluding steroid dienone is 11. The maximum absolute atomic E-state index is 13.2. The predicted octanol–water partition coefficient (Wildman–Crippen LogP) is 22.3. The van der Waals surface area contributed by atoms with Crippen LogP contribution >= 0.6 is 0 Å². The minimum Gasteiger partial charge on any atom is -0.394 e. The molecule has 0 aliphatic carbocycles. The highest BCUT2D eigenvalue weighted by molar-refractivity contribution is 5.76. The van der Waals surface area contributed by atoms with Crippen molar-refractivity contribution in [1.82, 2.24) is 5.32 Å². The van der Waals surface area contributed by atoms with E-state index >= 15 is 0 Å². The maximum atomic E-state index is 13.2. The van der Waals surface area contributed by atoms with Crippen molar-refractivity contribution < 1.29 is 39.8 Å². The van der Waals surface area contributed by atoms with Gasteiger partial charge in [0.2, 0.25) is 5.91 Å². The van der Waals surface area contributed by atoms with Crippen molar-refractivity contribution in [3.8, 4) is 0 Å². The third-order valence-electron chi connectivity index (χ3n) is 18.5. The molecule has 1 amide bonds. The standard InChI is InChI=1S/C81H149NO8/c1-3-5-7-9-11-13-15-17-19-21-23-25-27-29-31-33-34-35-36-37-38-39-40-41-42-43-45-47-49-51-53-55-57-59-61-63-65-67-69-71-77(85)82-74(73-89-81-80(88)79(87)78(86)76(72-83)90-81)75(84)70-68-66-64-62-60-58-56-54-52-50-48-46-44-32-30-28-26-24-22-20-18-16-14-12-10-8-6-4-2/h5,7,11,13,17,19,23,25,29,31,68,70,74-76,78-81,83-84,86-88H,3-4,6,8-10,12,14-16,18,20-22,24,26-28,30,32-67,69,71-73H2,1-2H3,(H,82,85)/b7-5-,13-11-,19-17-,25-23-,31-29-,70-68+. The van der Waals surface area contributed by atoms with Gasteiger partial charge in [-0.25, -0.2) is 0 Å². The van der Waals surface area contributed by atoms with E-state index in [0.29, 0.717) is 6.42 Å². The largest absolute Gasteiger partial charge is 0.394 e. The van der Waals surface area contributed by atoms with Crippen molar-refractivity contribution in [3.63, 3.8) is 0 Å². The van der Waals surface area contributed by atoms with Gasteiger partial charge < -0.3 is 40.3 Å². The summed E-state index contributed by atoms with van der Waals surface area (Å²) >= 11 is 0. The minimum absolute atomic E-state index is 0.170. The van der Waals surface area contributed by atoms with Gasteiger partial charge in [-0.15, -0.1) is 0 Å². The number of unbranched alkanes of at least 4 members (excludes halogenated alkanes) is 49. The van der Waals surface area contributed by atoms with Gasteiger partial charge in [0, 0.05) is 6.42 Å². The molecule has 9 nitrogen and oxygen atoms in total. The van der Waals surface area contributed by atoms with Crippen LogP contribution < -0.4 is 5.32 Å². The summed E-state index contributed by atoms with van der Waals surface area (Å²) in [5.41, 5.74) is 0. The first-order valence-electron chi connectivity index (χ1n) is 39.2. The summed E-state index contributed by atoms with van der Waals surface area (Å²) in [6.45, 7) is 3.72. The van der Waals surface area contributed by atoms with Gasteiger partial charge >= 0.3 is 0 Å². The number of aliphatic hydroxyl groups is 5. The molecule has 90 heavy (non-hydrogen) atoms. The fraction of sp³-hybridized carbons (Fsp3) is 0.840. The number of rotatable bonds is 69. The van der Waals surface area contributed by atoms with Crippen molar-refractivity contribution in [2.75, 3.05) is 13.2 Å². The molecule has 0 aromatic rings. The van der Waals surface area contributed by atoms with Crippen LogP contribution in [0.4, 0.5) is 0 Å². The highest BCUT2D eigenvalue weighted by atomic mass is 16.7. The average Bonchev–Trinajstić information content (AvgIpc) is 2.75. The van der Waals surface area contributed by atoms with Gasteiger partial charge in [-0.2, -0.15) is 0 Å². The van der Waals surface area contributed by atoms with Gasteiger partial charge in [-0.05, 0) is 64.2 Å². The van der Waals surface area contributed by atoms with Crippen molar-refractivity contribution in [2.24, 2.45) is 0 Å². The van der Waals surface area contributed by atoms with Crippen molar-refractivity contribution in [1.29, 1.82) is 0 Å². The predicted molar refractivity (Wildman–Crippen MR) is 387 cm³/mol. The van der Waals surface area contributed by atoms with Gasteiger partial charge in [-0.1, -0.05) is 382 Å². The highest BCUT2D eigenvalue weighted by Gasteiger charge is 2.44. The Balaban J connectivity index is 2.06. The van der Waals surface area contributed by atoms with E-state index in [1.807, 2.05) is 6.08 Å². The number of carbonyl (C=O) groups excluding carboxylic acids is 1. The number of nitrogens with one attached hydrogen (secondary N) is 1. The van der Waals surface area contributed by atoms with E-state index in [0.717, 1.165) is 70.6 Å². The molecular formula is C81H149NO8. The number of hydrogen-bond donors (Lipinski definition) is 6. The topological polar surface area (TPSA) is 149 Å². The van der Waals surface area contributed by atoms with Crippen LogP contribution in [0.5, 0.6) is 0 Å². The van der Waals surface area contributed by atoms with Crippen LogP contribution in [0.3, 0.4) is 0 Å². The van der Waals surface area contributed by atoms with Crippen LogP contribution in [0.2, 0.25) is 0 Å². The summed E-state index contributed by atoms with van der Waals surface area (Å²) in [4.78, 5) is 13.2. The van der Waals surface area contributed by atoms with E-state index in [4.69, 9.17) is 9.47 Å². The first kappa shape index (κ1) is 85.6. The normalized spacial score (nSPS) is 18.1. The van der Waals surface area contributed by atoms with Gasteiger partial charge in [0.1, 0.15) is 24.4 Å². The minimum atomic E-state index is -1.57. The smallest absolute Gasteiger partial charge is 0.220 e. The Morgan fingerprint density at radius 3 is 1.02 bits per heavy atom. The number of aliphatic hydroxyl groups excluding tert-OH is 5. The molecule has 0 saturated carbocycles. The summed E-state index contributed by atoms with van der Waals surface area (Å²) in [6.07, 6.45) is 91.8. The molecule has 0 bridgehead atoms. The van der Waals surface area contributed by atoms with Gasteiger partial charge in [0.15, 0.2) is 6.29 Å². The zero-order valence-electron chi connectivity index (χ0n) is 59.1. The Kier molecular flexibility index (Phi) is 66.1. The Morgan fingerprint density at radius 1 is 0.389 bits per heavy atom. The van der Waals surface area contributed by atoms with E-state index in [1.54, 1.807) is 6.08 Å². The number of hydrogen-bond acceptors (Lipinski definition) is 8.